The van der Waals surface area contributed by atoms with Gasteiger partial charge in [-0.15, -0.1) is 0 Å². The van der Waals surface area contributed by atoms with Crippen LogP contribution in [0, 0.1) is 0 Å². The molecule has 0 unspecified atom stereocenters. The number of likely N-dealkylation sites (N-methyl/N-ethyl adjacent to an activating group) is 1. The van der Waals surface area contributed by atoms with Crippen molar-refractivity contribution >= 4 is 34.0 Å². The van der Waals surface area contributed by atoms with E-state index in [4.69, 9.17) is 9.47 Å². The Morgan fingerprint density at radius 3 is 2.62 bits per heavy atom. The third kappa shape index (κ3) is 4.83. The molecule has 5 nitrogen and oxygen atoms in total. The van der Waals surface area contributed by atoms with Gasteiger partial charge in [0.15, 0.2) is 13.2 Å². The summed E-state index contributed by atoms with van der Waals surface area (Å²) in [6, 6.07) is 15.4. The van der Waals surface area contributed by atoms with E-state index < -0.39 is 5.97 Å². The third-order valence-corrected chi connectivity index (χ3v) is 4.59. The second-order valence-corrected chi connectivity index (χ2v) is 6.62. The third-order valence-electron chi connectivity index (χ3n) is 3.86. The summed E-state index contributed by atoms with van der Waals surface area (Å²) in [6.07, 6.45) is 0. The van der Waals surface area contributed by atoms with Gasteiger partial charge in [-0.05, 0) is 45.3 Å². The minimum absolute atomic E-state index is 0.236. The fourth-order valence-corrected chi connectivity index (χ4v) is 3.10. The van der Waals surface area contributed by atoms with E-state index in [1.54, 1.807) is 24.5 Å². The Balaban J connectivity index is 1.43. The molecule has 1 amide bonds. The molecule has 2 aromatic carbocycles. The van der Waals surface area contributed by atoms with E-state index in [1.807, 2.05) is 53.2 Å². The van der Waals surface area contributed by atoms with Crippen LogP contribution in [-0.4, -0.2) is 37.0 Å². The van der Waals surface area contributed by atoms with E-state index in [1.165, 1.54) is 4.90 Å². The van der Waals surface area contributed by atoms with Gasteiger partial charge in [-0.25, -0.2) is 4.79 Å². The van der Waals surface area contributed by atoms with Gasteiger partial charge in [-0.3, -0.25) is 4.79 Å². The second-order valence-electron chi connectivity index (χ2n) is 5.84. The lowest BCUT2D eigenvalue weighted by molar-refractivity contribution is -0.153. The van der Waals surface area contributed by atoms with Crippen LogP contribution in [0.1, 0.15) is 5.56 Å². The molecule has 1 heterocycles. The Morgan fingerprint density at radius 2 is 1.85 bits per heavy atom. The van der Waals surface area contributed by atoms with Crippen molar-refractivity contribution in [3.63, 3.8) is 0 Å². The highest BCUT2D eigenvalue weighted by Gasteiger charge is 2.13. The monoisotopic (exact) mass is 369 g/mol. The molecule has 6 heteroatoms. The first-order valence-corrected chi connectivity index (χ1v) is 9.08. The smallest absolute Gasteiger partial charge is 0.344 e. The lowest BCUT2D eigenvalue weighted by atomic mass is 10.1. The molecule has 0 radical (unpaired) electrons. The summed E-state index contributed by atoms with van der Waals surface area (Å²) in [6.45, 7) is -0.0338. The molecule has 0 spiro atoms. The van der Waals surface area contributed by atoms with Gasteiger partial charge in [0.25, 0.3) is 5.91 Å². The van der Waals surface area contributed by atoms with Gasteiger partial charge < -0.3 is 14.4 Å². The van der Waals surface area contributed by atoms with Crippen LogP contribution in [0.2, 0.25) is 0 Å². The van der Waals surface area contributed by atoms with Crippen molar-refractivity contribution in [1.82, 2.24) is 4.90 Å². The molecule has 0 aliphatic rings. The van der Waals surface area contributed by atoms with Crippen molar-refractivity contribution in [2.24, 2.45) is 0 Å². The summed E-state index contributed by atoms with van der Waals surface area (Å²) in [5.74, 6) is -0.243. The number of amides is 1. The number of rotatable bonds is 7. The van der Waals surface area contributed by atoms with E-state index in [9.17, 15) is 9.59 Å². The highest BCUT2D eigenvalue weighted by atomic mass is 32.1. The summed E-state index contributed by atoms with van der Waals surface area (Å²) in [4.78, 5) is 25.3. The molecule has 0 saturated carbocycles. The fraction of sp³-hybridized carbons (Fsp3) is 0.200. The summed E-state index contributed by atoms with van der Waals surface area (Å²) in [7, 11) is 1.68. The molecule has 0 fully saturated rings. The molecule has 134 valence electrons. The number of carbonyl (C=O) groups excluding carboxylic acids is 2. The number of thiophene rings is 1. The van der Waals surface area contributed by atoms with Crippen LogP contribution in [-0.2, 0) is 20.9 Å². The number of nitrogens with zero attached hydrogens (tertiary/aromatic N) is 1. The Hall–Kier alpha value is -2.86. The summed E-state index contributed by atoms with van der Waals surface area (Å²) >= 11 is 1.58. The zero-order valence-corrected chi connectivity index (χ0v) is 15.2. The summed E-state index contributed by atoms with van der Waals surface area (Å²) in [5.41, 5.74) is 1.05. The summed E-state index contributed by atoms with van der Waals surface area (Å²) < 4.78 is 10.5. The van der Waals surface area contributed by atoms with Crippen LogP contribution in [0.3, 0.4) is 0 Å². The normalized spacial score (nSPS) is 10.5. The Kier molecular flexibility index (Phi) is 5.86. The predicted octanol–water partition coefficient (Wildman–Crippen LogP) is 3.48. The van der Waals surface area contributed by atoms with E-state index in [-0.39, 0.29) is 19.1 Å². The van der Waals surface area contributed by atoms with Gasteiger partial charge in [0.05, 0.1) is 0 Å². The molecule has 0 aliphatic heterocycles. The minimum Gasteiger partial charge on any atom is -0.482 e. The number of carbonyl (C=O) groups is 2. The Labute approximate surface area is 155 Å². The van der Waals surface area contributed by atoms with E-state index in [0.29, 0.717) is 12.3 Å². The van der Waals surface area contributed by atoms with Crippen LogP contribution < -0.4 is 4.74 Å². The van der Waals surface area contributed by atoms with Crippen LogP contribution in [0.15, 0.2) is 59.3 Å². The van der Waals surface area contributed by atoms with Crippen LogP contribution in [0.4, 0.5) is 0 Å². The molecule has 26 heavy (non-hydrogen) atoms. The zero-order valence-electron chi connectivity index (χ0n) is 14.4. The highest BCUT2D eigenvalue weighted by Crippen LogP contribution is 2.20. The standard InChI is InChI=1S/C20H19NO4S/c1-21(11-15-8-9-26-14-15)19(22)12-25-20(23)13-24-18-7-6-16-4-2-3-5-17(16)10-18/h2-10,14H,11-13H2,1H3. The average molecular weight is 369 g/mol. The van der Waals surface area contributed by atoms with Gasteiger partial charge in [0.2, 0.25) is 0 Å². The van der Waals surface area contributed by atoms with Crippen molar-refractivity contribution in [2.75, 3.05) is 20.3 Å². The fourth-order valence-electron chi connectivity index (χ4n) is 2.44. The van der Waals surface area contributed by atoms with E-state index in [0.717, 1.165) is 16.3 Å². The van der Waals surface area contributed by atoms with E-state index >= 15 is 0 Å². The molecule has 0 bridgehead atoms. The van der Waals surface area contributed by atoms with Gasteiger partial charge in [0.1, 0.15) is 5.75 Å². The maximum absolute atomic E-state index is 12.0. The zero-order chi connectivity index (χ0) is 18.4. The SMILES string of the molecule is CN(Cc1ccsc1)C(=O)COC(=O)COc1ccc2ccccc2c1. The Morgan fingerprint density at radius 1 is 1.04 bits per heavy atom. The first-order chi connectivity index (χ1) is 12.6. The maximum Gasteiger partial charge on any atom is 0.344 e. The van der Waals surface area contributed by atoms with Crippen LogP contribution in [0.25, 0.3) is 10.8 Å². The number of fused-ring (bicyclic) bond motifs is 1. The molecule has 0 saturated heterocycles. The van der Waals surface area contributed by atoms with E-state index in [2.05, 4.69) is 0 Å². The number of benzene rings is 2. The van der Waals surface area contributed by atoms with Crippen molar-refractivity contribution in [3.05, 3.63) is 64.9 Å². The molecule has 3 aromatic rings. The molecular formula is C20H19NO4S. The molecule has 3 rings (SSSR count). The number of ether oxygens (including phenoxy) is 2. The highest BCUT2D eigenvalue weighted by molar-refractivity contribution is 7.07. The lowest BCUT2D eigenvalue weighted by Gasteiger charge is -2.16. The van der Waals surface area contributed by atoms with Gasteiger partial charge in [0, 0.05) is 13.6 Å². The summed E-state index contributed by atoms with van der Waals surface area (Å²) in [5, 5.41) is 6.07. The number of esters is 1. The van der Waals surface area contributed by atoms with Crippen molar-refractivity contribution < 1.29 is 19.1 Å². The van der Waals surface area contributed by atoms with Gasteiger partial charge in [-0.2, -0.15) is 11.3 Å². The van der Waals surface area contributed by atoms with Crippen molar-refractivity contribution in [2.45, 2.75) is 6.54 Å². The van der Waals surface area contributed by atoms with Gasteiger partial charge in [-0.1, -0.05) is 30.3 Å². The molecular weight excluding hydrogens is 350 g/mol. The maximum atomic E-state index is 12.0. The molecule has 1 aromatic heterocycles. The number of hydrogen-bond donors (Lipinski definition) is 0. The second kappa shape index (κ2) is 8.49. The van der Waals surface area contributed by atoms with Gasteiger partial charge >= 0.3 is 5.97 Å². The van der Waals surface area contributed by atoms with Crippen molar-refractivity contribution in [3.8, 4) is 5.75 Å². The first kappa shape index (κ1) is 17.9. The molecule has 0 N–H and O–H groups in total. The van der Waals surface area contributed by atoms with Crippen molar-refractivity contribution in [1.29, 1.82) is 0 Å². The Bertz CT molecular complexity index is 892. The topological polar surface area (TPSA) is 55.8 Å². The number of hydrogen-bond acceptors (Lipinski definition) is 5. The molecule has 0 atom stereocenters. The van der Waals surface area contributed by atoms with Crippen LogP contribution >= 0.6 is 11.3 Å². The quantitative estimate of drug-likeness (QED) is 0.598. The van der Waals surface area contributed by atoms with Crippen LogP contribution in [0.5, 0.6) is 5.75 Å². The average Bonchev–Trinajstić information content (AvgIpc) is 3.17. The lowest BCUT2D eigenvalue weighted by Crippen LogP contribution is -2.31. The first-order valence-electron chi connectivity index (χ1n) is 8.14. The largest absolute Gasteiger partial charge is 0.482 e. The predicted molar refractivity (Wildman–Crippen MR) is 101 cm³/mol. The minimum atomic E-state index is -0.574. The molecule has 0 aliphatic carbocycles.